The Morgan fingerprint density at radius 2 is 1.71 bits per heavy atom. The van der Waals surface area contributed by atoms with Crippen molar-refractivity contribution >= 4 is 17.6 Å². The quantitative estimate of drug-likeness (QED) is 0.682. The van der Waals surface area contributed by atoms with Gasteiger partial charge < -0.3 is 14.6 Å². The average molecular weight is 382 g/mol. The first-order valence-corrected chi connectivity index (χ1v) is 8.80. The first kappa shape index (κ1) is 19.2. The van der Waals surface area contributed by atoms with E-state index >= 15 is 0 Å². The number of rotatable bonds is 6. The lowest BCUT2D eigenvalue weighted by Crippen LogP contribution is -2.30. The zero-order valence-corrected chi connectivity index (χ0v) is 16.1. The molecule has 0 aliphatic carbocycles. The molecule has 3 rings (SSSR count). The van der Waals surface area contributed by atoms with Gasteiger partial charge in [0.1, 0.15) is 11.5 Å². The number of hydrogen-bond donors (Lipinski definition) is 2. The molecule has 28 heavy (non-hydrogen) atoms. The molecule has 1 atom stereocenters. The lowest BCUT2D eigenvalue weighted by atomic mass is 10.2. The van der Waals surface area contributed by atoms with E-state index in [0.29, 0.717) is 22.9 Å². The van der Waals surface area contributed by atoms with Crippen LogP contribution in [-0.4, -0.2) is 27.8 Å². The highest BCUT2D eigenvalue weighted by atomic mass is 16.5. The molecule has 1 unspecified atom stereocenters. The topological polar surface area (TPSA) is 98.4 Å². The van der Waals surface area contributed by atoms with Crippen LogP contribution in [0.25, 0.3) is 0 Å². The number of ether oxygens (including phenoxy) is 1. The van der Waals surface area contributed by atoms with E-state index < -0.39 is 6.10 Å². The summed E-state index contributed by atoms with van der Waals surface area (Å²) in [6.45, 7) is 7.19. The molecule has 8 nitrogen and oxygen atoms in total. The molecule has 1 aromatic carbocycles. The lowest BCUT2D eigenvalue weighted by molar-refractivity contribution is -0.122. The lowest BCUT2D eigenvalue weighted by Gasteiger charge is -2.14. The smallest absolute Gasteiger partial charge is 0.270 e. The van der Waals surface area contributed by atoms with Gasteiger partial charge >= 0.3 is 0 Å². The maximum absolute atomic E-state index is 12.4. The Morgan fingerprint density at radius 3 is 2.29 bits per heavy atom. The molecular weight excluding hydrogens is 360 g/mol. The summed E-state index contributed by atoms with van der Waals surface area (Å²) in [5, 5.41) is 6.32. The molecule has 3 aromatic rings. The second-order valence-electron chi connectivity index (χ2n) is 6.49. The number of nitrogens with one attached hydrogen (secondary N) is 2. The van der Waals surface area contributed by atoms with Gasteiger partial charge in [-0.15, -0.1) is 0 Å². The Morgan fingerprint density at radius 1 is 1.07 bits per heavy atom. The Bertz CT molecular complexity index is 969. The van der Waals surface area contributed by atoms with E-state index in [1.54, 1.807) is 48.9 Å². The molecule has 0 radical (unpaired) electrons. The molecule has 0 aliphatic heterocycles. The predicted molar refractivity (Wildman–Crippen MR) is 104 cm³/mol. The van der Waals surface area contributed by atoms with E-state index in [4.69, 9.17) is 9.26 Å². The normalized spacial score (nSPS) is 11.7. The molecule has 0 spiro atoms. The van der Waals surface area contributed by atoms with Gasteiger partial charge in [-0.3, -0.25) is 19.7 Å². The number of benzene rings is 1. The molecule has 0 aliphatic rings. The Balaban J connectivity index is 1.59. The number of hydrogen-bond acceptors (Lipinski definition) is 5. The minimum Gasteiger partial charge on any atom is -0.481 e. The Hall–Kier alpha value is -3.55. The van der Waals surface area contributed by atoms with Crippen LogP contribution in [0.5, 0.6) is 5.75 Å². The summed E-state index contributed by atoms with van der Waals surface area (Å²) in [4.78, 5) is 24.6. The largest absolute Gasteiger partial charge is 0.481 e. The van der Waals surface area contributed by atoms with Crippen molar-refractivity contribution in [1.82, 2.24) is 9.83 Å². The number of carbonyl (C=O) groups is 2. The maximum Gasteiger partial charge on any atom is 0.270 e. The second-order valence-corrected chi connectivity index (χ2v) is 6.49. The summed E-state index contributed by atoms with van der Waals surface area (Å²) >= 11 is 0. The van der Waals surface area contributed by atoms with Gasteiger partial charge in [0.05, 0.1) is 0 Å². The zero-order valence-electron chi connectivity index (χ0n) is 16.1. The predicted octanol–water partition coefficient (Wildman–Crippen LogP) is 3.19. The van der Waals surface area contributed by atoms with Gasteiger partial charge in [-0.1, -0.05) is 5.16 Å². The van der Waals surface area contributed by atoms with Crippen molar-refractivity contribution in [2.75, 3.05) is 10.7 Å². The van der Waals surface area contributed by atoms with E-state index in [9.17, 15) is 9.59 Å². The summed E-state index contributed by atoms with van der Waals surface area (Å²) < 4.78 is 12.3. The number of carbonyl (C=O) groups excluding carboxylic acids is 2. The van der Waals surface area contributed by atoms with Crippen molar-refractivity contribution in [3.63, 3.8) is 0 Å². The molecular formula is C20H22N4O4. The maximum atomic E-state index is 12.4. The Kier molecular flexibility index (Phi) is 5.49. The van der Waals surface area contributed by atoms with Crippen LogP contribution in [0.2, 0.25) is 0 Å². The molecule has 0 saturated heterocycles. The summed E-state index contributed by atoms with van der Waals surface area (Å²) in [6, 6.07) is 12.1. The summed E-state index contributed by atoms with van der Waals surface area (Å²) in [7, 11) is 0. The number of nitrogens with zero attached hydrogens (tertiary/aromatic N) is 2. The molecule has 8 heteroatoms. The number of anilines is 1. The fraction of sp³-hybridized carbons (Fsp3) is 0.250. The molecule has 0 saturated carbocycles. The van der Waals surface area contributed by atoms with E-state index in [2.05, 4.69) is 15.9 Å². The minimum atomic E-state index is -0.748. The third-order valence-electron chi connectivity index (χ3n) is 4.16. The number of aromatic nitrogens is 2. The fourth-order valence-corrected chi connectivity index (χ4v) is 2.61. The highest BCUT2D eigenvalue weighted by Gasteiger charge is 2.17. The van der Waals surface area contributed by atoms with Gasteiger partial charge in [0, 0.05) is 23.0 Å². The highest BCUT2D eigenvalue weighted by Crippen LogP contribution is 2.16. The van der Waals surface area contributed by atoms with E-state index in [0.717, 1.165) is 11.4 Å². The second kappa shape index (κ2) is 7.99. The van der Waals surface area contributed by atoms with Gasteiger partial charge in [0.15, 0.2) is 11.9 Å². The van der Waals surface area contributed by atoms with Crippen LogP contribution in [0, 0.1) is 20.8 Å². The van der Waals surface area contributed by atoms with Crippen LogP contribution in [0.1, 0.15) is 34.4 Å². The van der Waals surface area contributed by atoms with Crippen LogP contribution in [0.4, 0.5) is 5.82 Å². The van der Waals surface area contributed by atoms with Gasteiger partial charge in [0.2, 0.25) is 0 Å². The summed E-state index contributed by atoms with van der Waals surface area (Å²) in [5.74, 6) is 0.822. The van der Waals surface area contributed by atoms with Gasteiger partial charge in [-0.05, 0) is 64.1 Å². The van der Waals surface area contributed by atoms with Crippen molar-refractivity contribution in [2.24, 2.45) is 0 Å². The fourth-order valence-electron chi connectivity index (χ4n) is 2.61. The molecule has 146 valence electrons. The van der Waals surface area contributed by atoms with Crippen molar-refractivity contribution in [1.29, 1.82) is 0 Å². The third kappa shape index (κ3) is 4.40. The molecule has 2 heterocycles. The van der Waals surface area contributed by atoms with E-state index in [-0.39, 0.29) is 11.8 Å². The van der Waals surface area contributed by atoms with Gasteiger partial charge in [-0.2, -0.15) is 0 Å². The average Bonchev–Trinajstić information content (AvgIpc) is 3.21. The van der Waals surface area contributed by atoms with Crippen LogP contribution in [0.15, 0.2) is 47.0 Å². The number of aryl methyl sites for hydroxylation is 3. The standard InChI is InChI=1S/C20H22N4O4/c1-12-5-6-13(2)24(12)22-20(26)16-7-9-17(10-8-16)27-15(4)19(25)21-18-11-14(3)28-23-18/h5-11,15H,1-4H3,(H,22,26)(H,21,23,25). The zero-order chi connectivity index (χ0) is 20.3. The first-order valence-electron chi connectivity index (χ1n) is 8.80. The molecule has 0 bridgehead atoms. The number of amides is 2. The molecule has 2 amide bonds. The van der Waals surface area contributed by atoms with Crippen LogP contribution in [-0.2, 0) is 4.79 Å². The van der Waals surface area contributed by atoms with Crippen LogP contribution < -0.4 is 15.5 Å². The summed E-state index contributed by atoms with van der Waals surface area (Å²) in [5.41, 5.74) is 5.20. The van der Waals surface area contributed by atoms with Crippen LogP contribution in [0.3, 0.4) is 0 Å². The van der Waals surface area contributed by atoms with Crippen molar-refractivity contribution in [3.8, 4) is 5.75 Å². The van der Waals surface area contributed by atoms with Crippen molar-refractivity contribution in [2.45, 2.75) is 33.8 Å². The third-order valence-corrected chi connectivity index (χ3v) is 4.16. The molecule has 2 aromatic heterocycles. The van der Waals surface area contributed by atoms with Crippen LogP contribution >= 0.6 is 0 Å². The highest BCUT2D eigenvalue weighted by molar-refractivity contribution is 6.00. The SMILES string of the molecule is Cc1cc(NC(=O)C(C)Oc2ccc(C(=O)Nn3c(C)ccc3C)cc2)no1. The molecule has 2 N–H and O–H groups in total. The Labute approximate surface area is 162 Å². The van der Waals surface area contributed by atoms with E-state index in [1.165, 1.54) is 0 Å². The van der Waals surface area contributed by atoms with Gasteiger partial charge in [0.25, 0.3) is 11.8 Å². The van der Waals surface area contributed by atoms with Crippen molar-refractivity contribution in [3.05, 3.63) is 65.2 Å². The first-order chi connectivity index (χ1) is 13.3. The minimum absolute atomic E-state index is 0.235. The molecule has 0 fully saturated rings. The van der Waals surface area contributed by atoms with E-state index in [1.807, 2.05) is 26.0 Å². The van der Waals surface area contributed by atoms with Crippen molar-refractivity contribution < 1.29 is 18.8 Å². The summed E-state index contributed by atoms with van der Waals surface area (Å²) in [6.07, 6.45) is -0.748. The monoisotopic (exact) mass is 382 g/mol. The van der Waals surface area contributed by atoms with Gasteiger partial charge in [-0.25, -0.2) is 0 Å².